The van der Waals surface area contributed by atoms with E-state index in [2.05, 4.69) is 10.2 Å². The van der Waals surface area contributed by atoms with Crippen LogP contribution in [0.1, 0.15) is 36.9 Å². The van der Waals surface area contributed by atoms with Crippen LogP contribution < -0.4 is 10.2 Å². The summed E-state index contributed by atoms with van der Waals surface area (Å²) in [7, 11) is 0. The molecule has 0 bridgehead atoms. The van der Waals surface area contributed by atoms with Gasteiger partial charge in [-0.25, -0.2) is 0 Å². The summed E-state index contributed by atoms with van der Waals surface area (Å²) in [5.41, 5.74) is 2.14. The van der Waals surface area contributed by atoms with E-state index in [9.17, 15) is 14.4 Å². The third kappa shape index (κ3) is 5.72. The average molecular weight is 523 g/mol. The van der Waals surface area contributed by atoms with E-state index in [4.69, 9.17) is 0 Å². The highest BCUT2D eigenvalue weighted by Crippen LogP contribution is 2.39. The Morgan fingerprint density at radius 3 is 2.13 bits per heavy atom. The fraction of sp³-hybridized carbons (Fsp3) is 0.281. The minimum absolute atomic E-state index is 0.0104. The van der Waals surface area contributed by atoms with Crippen LogP contribution in [0, 0.1) is 0 Å². The van der Waals surface area contributed by atoms with Crippen LogP contribution in [0.15, 0.2) is 97.1 Å². The Kier molecular flexibility index (Phi) is 7.77. The van der Waals surface area contributed by atoms with Crippen molar-refractivity contribution in [3.8, 4) is 0 Å². The van der Waals surface area contributed by atoms with Crippen LogP contribution in [0.3, 0.4) is 0 Å². The van der Waals surface area contributed by atoms with Gasteiger partial charge in [0.1, 0.15) is 12.1 Å². The molecule has 5 rings (SSSR count). The molecule has 1 atom stereocenters. The number of rotatable bonds is 7. The van der Waals surface area contributed by atoms with Crippen molar-refractivity contribution in [2.45, 2.75) is 31.3 Å². The van der Waals surface area contributed by atoms with Crippen molar-refractivity contribution in [3.63, 3.8) is 0 Å². The summed E-state index contributed by atoms with van der Waals surface area (Å²) >= 11 is 0. The average Bonchev–Trinajstić information content (AvgIpc) is 3.23. The van der Waals surface area contributed by atoms with E-state index in [1.807, 2.05) is 104 Å². The van der Waals surface area contributed by atoms with E-state index in [-0.39, 0.29) is 30.3 Å². The van der Waals surface area contributed by atoms with Gasteiger partial charge in [-0.1, -0.05) is 78.9 Å². The number of piperidine rings is 1. The van der Waals surface area contributed by atoms with Crippen LogP contribution >= 0.6 is 0 Å². The molecule has 2 aliphatic rings. The predicted molar refractivity (Wildman–Crippen MR) is 153 cm³/mol. The number of anilines is 1. The minimum Gasteiger partial charge on any atom is -0.348 e. The second kappa shape index (κ2) is 11.6. The Morgan fingerprint density at radius 1 is 0.897 bits per heavy atom. The van der Waals surface area contributed by atoms with Crippen molar-refractivity contribution in [1.82, 2.24) is 15.1 Å². The number of benzene rings is 3. The normalized spacial score (nSPS) is 17.6. The lowest BCUT2D eigenvalue weighted by molar-refractivity contribution is -0.138. The van der Waals surface area contributed by atoms with E-state index in [0.717, 1.165) is 16.8 Å². The van der Waals surface area contributed by atoms with Crippen molar-refractivity contribution in [3.05, 3.63) is 108 Å². The Labute approximate surface area is 229 Å². The van der Waals surface area contributed by atoms with E-state index >= 15 is 0 Å². The monoisotopic (exact) mass is 522 g/mol. The van der Waals surface area contributed by atoms with E-state index in [1.165, 1.54) is 0 Å². The van der Waals surface area contributed by atoms with Gasteiger partial charge in [-0.05, 0) is 49.1 Å². The second-order valence-electron chi connectivity index (χ2n) is 10.2. The maximum atomic E-state index is 13.9. The van der Waals surface area contributed by atoms with Crippen LogP contribution in [-0.2, 0) is 14.4 Å². The van der Waals surface area contributed by atoms with Crippen LogP contribution in [0.4, 0.5) is 5.69 Å². The number of nitrogens with one attached hydrogen (secondary N) is 1. The molecule has 2 heterocycles. The van der Waals surface area contributed by atoms with E-state index in [0.29, 0.717) is 32.6 Å². The Balaban J connectivity index is 1.28. The molecular weight excluding hydrogens is 488 g/mol. The van der Waals surface area contributed by atoms with Gasteiger partial charge in [0, 0.05) is 24.9 Å². The first-order valence-electron chi connectivity index (χ1n) is 13.4. The number of carbonyl (C=O) groups excluding carboxylic acids is 3. The molecule has 200 valence electrons. The molecule has 3 amide bonds. The van der Waals surface area contributed by atoms with Crippen LogP contribution in [-0.4, -0.2) is 59.4 Å². The number of nitrogens with zero attached hydrogens (tertiary/aromatic N) is 3. The molecular formula is C32H34N4O3. The SMILES string of the molecule is C[C@H](NC(=O)CN1CN(c2ccccc2)C2(CCN(C(=O)/C=C/c3ccccc3)CC2)C1=O)c1ccccc1. The van der Waals surface area contributed by atoms with Crippen molar-refractivity contribution in [2.24, 2.45) is 0 Å². The molecule has 7 heteroatoms. The molecule has 0 saturated carbocycles. The van der Waals surface area contributed by atoms with Gasteiger partial charge in [-0.3, -0.25) is 14.4 Å². The molecule has 2 aliphatic heterocycles. The molecule has 39 heavy (non-hydrogen) atoms. The maximum absolute atomic E-state index is 13.9. The Bertz CT molecular complexity index is 1320. The quantitative estimate of drug-likeness (QED) is 0.471. The van der Waals surface area contributed by atoms with Gasteiger partial charge in [-0.15, -0.1) is 0 Å². The molecule has 2 fully saturated rings. The van der Waals surface area contributed by atoms with Crippen molar-refractivity contribution < 1.29 is 14.4 Å². The first-order chi connectivity index (χ1) is 19.0. The molecule has 3 aromatic carbocycles. The topological polar surface area (TPSA) is 73.0 Å². The van der Waals surface area contributed by atoms with Crippen LogP contribution in [0.2, 0.25) is 0 Å². The lowest BCUT2D eigenvalue weighted by Crippen LogP contribution is -2.57. The Morgan fingerprint density at radius 2 is 1.49 bits per heavy atom. The van der Waals surface area contributed by atoms with E-state index < -0.39 is 5.54 Å². The third-order valence-electron chi connectivity index (χ3n) is 7.71. The smallest absolute Gasteiger partial charge is 0.250 e. The van der Waals surface area contributed by atoms with Gasteiger partial charge in [0.25, 0.3) is 5.91 Å². The number of para-hydroxylation sites is 1. The van der Waals surface area contributed by atoms with Gasteiger partial charge in [-0.2, -0.15) is 0 Å². The second-order valence-corrected chi connectivity index (χ2v) is 10.2. The highest BCUT2D eigenvalue weighted by Gasteiger charge is 2.54. The van der Waals surface area contributed by atoms with Crippen molar-refractivity contribution >= 4 is 29.5 Å². The highest BCUT2D eigenvalue weighted by molar-refractivity contribution is 5.97. The summed E-state index contributed by atoms with van der Waals surface area (Å²) < 4.78 is 0. The summed E-state index contributed by atoms with van der Waals surface area (Å²) in [4.78, 5) is 45.4. The van der Waals surface area contributed by atoms with Crippen molar-refractivity contribution in [2.75, 3.05) is 31.2 Å². The molecule has 1 spiro atoms. The predicted octanol–water partition coefficient (Wildman–Crippen LogP) is 4.24. The Hall–Kier alpha value is -4.39. The summed E-state index contributed by atoms with van der Waals surface area (Å²) in [5.74, 6) is -0.305. The van der Waals surface area contributed by atoms with Gasteiger partial charge in [0.05, 0.1) is 12.7 Å². The highest BCUT2D eigenvalue weighted by atomic mass is 16.2. The zero-order valence-corrected chi connectivity index (χ0v) is 22.2. The number of hydrogen-bond acceptors (Lipinski definition) is 4. The lowest BCUT2D eigenvalue weighted by atomic mass is 9.85. The summed E-state index contributed by atoms with van der Waals surface area (Å²) in [6.45, 7) is 3.20. The molecule has 0 unspecified atom stereocenters. The van der Waals surface area contributed by atoms with Gasteiger partial charge in [0.15, 0.2) is 0 Å². The first kappa shape index (κ1) is 26.2. The fourth-order valence-corrected chi connectivity index (χ4v) is 5.54. The molecule has 0 radical (unpaired) electrons. The molecule has 0 aromatic heterocycles. The van der Waals surface area contributed by atoms with Gasteiger partial charge in [0.2, 0.25) is 11.8 Å². The lowest BCUT2D eigenvalue weighted by Gasteiger charge is -2.43. The first-order valence-corrected chi connectivity index (χ1v) is 13.4. The summed E-state index contributed by atoms with van der Waals surface area (Å²) in [6.07, 6.45) is 4.43. The van der Waals surface area contributed by atoms with E-state index in [1.54, 1.807) is 15.9 Å². The molecule has 0 aliphatic carbocycles. The molecule has 7 nitrogen and oxygen atoms in total. The van der Waals surface area contributed by atoms with Crippen LogP contribution in [0.5, 0.6) is 0 Å². The minimum atomic E-state index is -0.785. The molecule has 2 saturated heterocycles. The summed E-state index contributed by atoms with van der Waals surface area (Å²) in [5, 5.41) is 3.03. The van der Waals surface area contributed by atoms with Crippen molar-refractivity contribution in [1.29, 1.82) is 0 Å². The van der Waals surface area contributed by atoms with Crippen LogP contribution in [0.25, 0.3) is 6.08 Å². The zero-order valence-electron chi connectivity index (χ0n) is 22.2. The molecule has 3 aromatic rings. The fourth-order valence-electron chi connectivity index (χ4n) is 5.54. The number of likely N-dealkylation sites (tertiary alicyclic amines) is 1. The third-order valence-corrected chi connectivity index (χ3v) is 7.71. The maximum Gasteiger partial charge on any atom is 0.250 e. The number of amides is 3. The molecule has 1 N–H and O–H groups in total. The largest absolute Gasteiger partial charge is 0.348 e. The standard InChI is InChI=1S/C32H34N4O3/c1-25(27-13-7-3-8-14-27)33-29(37)23-35-24-36(28-15-9-4-10-16-28)32(31(35)39)19-21-34(22-20-32)30(38)18-17-26-11-5-2-6-12-26/h2-18,25H,19-24H2,1H3,(H,33,37)/b18-17+/t25-/m0/s1. The number of hydrogen-bond donors (Lipinski definition) is 1. The van der Waals surface area contributed by atoms with Gasteiger partial charge < -0.3 is 20.0 Å². The van der Waals surface area contributed by atoms with Gasteiger partial charge >= 0.3 is 0 Å². The number of carbonyl (C=O) groups is 3. The summed E-state index contributed by atoms with van der Waals surface area (Å²) in [6, 6.07) is 29.2. The zero-order chi connectivity index (χ0) is 27.2.